The number of hydrogen-bond donors (Lipinski definition) is 2. The molecule has 1 aromatic carbocycles. The Morgan fingerprint density at radius 3 is 2.53 bits per heavy atom. The summed E-state index contributed by atoms with van der Waals surface area (Å²) in [5.41, 5.74) is 0.620. The zero-order valence-electron chi connectivity index (χ0n) is 26.1. The number of aromatic nitrogens is 1. The van der Waals surface area contributed by atoms with E-state index in [1.165, 1.54) is 26.5 Å². The number of hydrogen-bond acceptors (Lipinski definition) is 13. The van der Waals surface area contributed by atoms with Crippen LogP contribution in [0.4, 0.5) is 0 Å². The van der Waals surface area contributed by atoms with Crippen molar-refractivity contribution in [1.82, 2.24) is 10.3 Å². The van der Waals surface area contributed by atoms with Crippen LogP contribution in [0.15, 0.2) is 42.6 Å². The number of carbonyl (C=O) groups is 3. The molecule has 1 aliphatic heterocycles. The molecule has 0 radical (unpaired) electrons. The van der Waals surface area contributed by atoms with Gasteiger partial charge in [0.15, 0.2) is 30.0 Å². The van der Waals surface area contributed by atoms with E-state index in [2.05, 4.69) is 10.3 Å². The van der Waals surface area contributed by atoms with Gasteiger partial charge >= 0.3 is 11.9 Å². The van der Waals surface area contributed by atoms with Gasteiger partial charge in [0.1, 0.15) is 18.8 Å². The van der Waals surface area contributed by atoms with Gasteiger partial charge in [-0.1, -0.05) is 44.2 Å². The number of esters is 2. The van der Waals surface area contributed by atoms with Crippen molar-refractivity contribution in [2.75, 3.05) is 47.4 Å². The van der Waals surface area contributed by atoms with Gasteiger partial charge in [-0.15, -0.1) is 0 Å². The maximum atomic E-state index is 13.4. The Kier molecular flexibility index (Phi) is 14.4. The number of aliphatic hydroxyl groups is 1. The number of aliphatic hydroxyl groups excluding tert-OH is 1. The lowest BCUT2D eigenvalue weighted by atomic mass is 9.91. The fourth-order valence-corrected chi connectivity index (χ4v) is 4.41. The molecule has 2 aromatic rings. The van der Waals surface area contributed by atoms with Crippen LogP contribution in [0, 0.1) is 11.8 Å². The molecule has 2 heterocycles. The highest BCUT2D eigenvalue weighted by Crippen LogP contribution is 2.30. The van der Waals surface area contributed by atoms with E-state index in [0.717, 1.165) is 5.56 Å². The van der Waals surface area contributed by atoms with E-state index in [-0.39, 0.29) is 36.3 Å². The zero-order valence-corrected chi connectivity index (χ0v) is 26.1. The smallest absolute Gasteiger partial charge is 0.332 e. The van der Waals surface area contributed by atoms with Gasteiger partial charge < -0.3 is 43.6 Å². The van der Waals surface area contributed by atoms with Crippen LogP contribution in [0.2, 0.25) is 0 Å². The van der Waals surface area contributed by atoms with E-state index in [4.69, 9.17) is 37.9 Å². The SMILES string of the molecule is COCCOC(O)OCOc1c(OC)ccnc1C(=O)N[C@H]1COC(=O)C(Cc2ccccc2)[C@@H](OCC(C)C)[C@H](C)OC1=O. The molecule has 1 fully saturated rings. The van der Waals surface area contributed by atoms with Gasteiger partial charge in [-0.25, -0.2) is 9.78 Å². The van der Waals surface area contributed by atoms with Crippen molar-refractivity contribution >= 4 is 17.8 Å². The highest BCUT2D eigenvalue weighted by atomic mass is 16.8. The third-order valence-electron chi connectivity index (χ3n) is 6.63. The van der Waals surface area contributed by atoms with Crippen LogP contribution < -0.4 is 14.8 Å². The van der Waals surface area contributed by atoms with Crippen molar-refractivity contribution in [3.63, 3.8) is 0 Å². The zero-order chi connectivity index (χ0) is 32.8. The average molecular weight is 635 g/mol. The molecule has 0 bridgehead atoms. The van der Waals surface area contributed by atoms with Crippen LogP contribution in [0.5, 0.6) is 11.5 Å². The largest absolute Gasteiger partial charge is 0.493 e. The lowest BCUT2D eigenvalue weighted by molar-refractivity contribution is -0.283. The summed E-state index contributed by atoms with van der Waals surface area (Å²) in [5, 5.41) is 12.3. The summed E-state index contributed by atoms with van der Waals surface area (Å²) in [6, 6.07) is 9.45. The molecule has 14 heteroatoms. The van der Waals surface area contributed by atoms with Gasteiger partial charge in [0.25, 0.3) is 12.4 Å². The molecule has 0 aliphatic carbocycles. The Bertz CT molecular complexity index is 1230. The number of amides is 1. The molecule has 1 saturated heterocycles. The minimum Gasteiger partial charge on any atom is -0.493 e. The minimum absolute atomic E-state index is 0.0693. The Morgan fingerprint density at radius 1 is 1.09 bits per heavy atom. The number of rotatable bonds is 16. The molecule has 14 nitrogen and oxygen atoms in total. The topological polar surface area (TPSA) is 170 Å². The lowest BCUT2D eigenvalue weighted by Gasteiger charge is -2.30. The summed E-state index contributed by atoms with van der Waals surface area (Å²) in [6.45, 7) is 3.55. The first-order chi connectivity index (χ1) is 21.6. The average Bonchev–Trinajstić information content (AvgIpc) is 3.05. The van der Waals surface area contributed by atoms with E-state index < -0.39 is 61.9 Å². The van der Waals surface area contributed by atoms with E-state index in [1.807, 2.05) is 44.2 Å². The first kappa shape index (κ1) is 35.7. The first-order valence-corrected chi connectivity index (χ1v) is 14.5. The van der Waals surface area contributed by atoms with Gasteiger partial charge in [0.2, 0.25) is 0 Å². The molecule has 2 N–H and O–H groups in total. The van der Waals surface area contributed by atoms with Crippen molar-refractivity contribution in [3.8, 4) is 11.5 Å². The van der Waals surface area contributed by atoms with Gasteiger partial charge in [0, 0.05) is 26.0 Å². The standard InChI is InChI=1S/C31H42N2O12/c1-19(2)16-41-26-20(3)45-30(36)23(17-42-29(35)22(26)15-21-9-7-6-8-10-21)33-28(34)25-27(24(39-5)11-12-32-25)43-18-44-31(37)40-14-13-38-4/h6-12,19-20,22-23,26,31,37H,13-18H2,1-5H3,(H,33,34)/t20-,22?,23-,26-,31?/m0/s1. The maximum Gasteiger partial charge on any atom is 0.332 e. The number of carbonyl (C=O) groups excluding carboxylic acids is 3. The van der Waals surface area contributed by atoms with Gasteiger partial charge in [0.05, 0.1) is 26.2 Å². The van der Waals surface area contributed by atoms with Gasteiger partial charge in [-0.05, 0) is 24.8 Å². The number of nitrogens with one attached hydrogen (secondary N) is 1. The molecule has 248 valence electrons. The molecule has 1 aromatic heterocycles. The van der Waals surface area contributed by atoms with E-state index in [0.29, 0.717) is 13.0 Å². The second-order valence-electron chi connectivity index (χ2n) is 10.6. The van der Waals surface area contributed by atoms with Crippen molar-refractivity contribution in [3.05, 3.63) is 53.9 Å². The monoisotopic (exact) mass is 634 g/mol. The Labute approximate surface area is 262 Å². The van der Waals surface area contributed by atoms with Crippen LogP contribution in [0.25, 0.3) is 0 Å². The quantitative estimate of drug-likeness (QED) is 0.156. The number of ether oxygens (including phenoxy) is 8. The Hall–Kier alpha value is -3.82. The molecule has 0 spiro atoms. The molecular formula is C31H42N2O12. The molecule has 1 aliphatic rings. The summed E-state index contributed by atoms with van der Waals surface area (Å²) < 4.78 is 43.1. The maximum absolute atomic E-state index is 13.4. The summed E-state index contributed by atoms with van der Waals surface area (Å²) >= 11 is 0. The molecule has 0 saturated carbocycles. The molecular weight excluding hydrogens is 592 g/mol. The third kappa shape index (κ3) is 10.9. The molecule has 2 unspecified atom stereocenters. The highest BCUT2D eigenvalue weighted by Gasteiger charge is 2.40. The molecule has 1 amide bonds. The second-order valence-corrected chi connectivity index (χ2v) is 10.6. The number of pyridine rings is 1. The molecule has 5 atom stereocenters. The molecule has 45 heavy (non-hydrogen) atoms. The van der Waals surface area contributed by atoms with Crippen molar-refractivity contribution in [2.24, 2.45) is 11.8 Å². The number of methoxy groups -OCH3 is 2. The predicted molar refractivity (Wildman–Crippen MR) is 157 cm³/mol. The van der Waals surface area contributed by atoms with Gasteiger partial charge in [-0.3, -0.25) is 14.3 Å². The van der Waals surface area contributed by atoms with E-state index in [9.17, 15) is 19.5 Å². The second kappa shape index (κ2) is 18.2. The highest BCUT2D eigenvalue weighted by molar-refractivity contribution is 5.98. The van der Waals surface area contributed by atoms with Crippen LogP contribution in [0.1, 0.15) is 36.8 Å². The summed E-state index contributed by atoms with van der Waals surface area (Å²) in [6.07, 6.45) is -0.0475. The van der Waals surface area contributed by atoms with E-state index in [1.54, 1.807) is 6.92 Å². The lowest BCUT2D eigenvalue weighted by Crippen LogP contribution is -2.46. The van der Waals surface area contributed by atoms with Gasteiger partial charge in [-0.2, -0.15) is 0 Å². The Balaban J connectivity index is 1.77. The van der Waals surface area contributed by atoms with Crippen molar-refractivity contribution < 1.29 is 57.4 Å². The van der Waals surface area contributed by atoms with Crippen LogP contribution in [-0.4, -0.2) is 100 Å². The van der Waals surface area contributed by atoms with Crippen LogP contribution in [-0.2, 0) is 44.4 Å². The third-order valence-corrected chi connectivity index (χ3v) is 6.63. The summed E-state index contributed by atoms with van der Waals surface area (Å²) in [7, 11) is 2.83. The number of nitrogens with zero attached hydrogens (tertiary/aromatic N) is 1. The molecule has 3 rings (SSSR count). The minimum atomic E-state index is -1.62. The number of benzene rings is 1. The predicted octanol–water partition coefficient (Wildman–Crippen LogP) is 1.87. The van der Waals surface area contributed by atoms with Crippen molar-refractivity contribution in [2.45, 2.75) is 51.9 Å². The number of cyclic esters (lactones) is 2. The summed E-state index contributed by atoms with van der Waals surface area (Å²) in [5.74, 6) is -2.90. The normalized spacial score (nSPS) is 21.1. The van der Waals surface area contributed by atoms with Crippen LogP contribution >= 0.6 is 0 Å². The fourth-order valence-electron chi connectivity index (χ4n) is 4.41. The summed E-state index contributed by atoms with van der Waals surface area (Å²) in [4.78, 5) is 44.2. The van der Waals surface area contributed by atoms with Crippen LogP contribution in [0.3, 0.4) is 0 Å². The first-order valence-electron chi connectivity index (χ1n) is 14.5. The fraction of sp³-hybridized carbons (Fsp3) is 0.548. The van der Waals surface area contributed by atoms with Crippen molar-refractivity contribution in [1.29, 1.82) is 0 Å². The Morgan fingerprint density at radius 2 is 1.84 bits per heavy atom. The van der Waals surface area contributed by atoms with E-state index >= 15 is 0 Å².